The van der Waals surface area contributed by atoms with E-state index < -0.39 is 17.7 Å². The fourth-order valence-corrected chi connectivity index (χ4v) is 2.05. The van der Waals surface area contributed by atoms with Crippen LogP contribution < -0.4 is 0 Å². The van der Waals surface area contributed by atoms with Gasteiger partial charge in [-0.15, -0.1) is 0 Å². The normalized spacial score (nSPS) is 14.6. The summed E-state index contributed by atoms with van der Waals surface area (Å²) in [4.78, 5) is 0. The highest BCUT2D eigenvalue weighted by Gasteiger charge is 2.21. The Hall–Kier alpha value is -0.960. The molecular weight excluding hydrogens is 222 g/mol. The van der Waals surface area contributed by atoms with Crippen LogP contribution in [0.2, 0.25) is 0 Å². The van der Waals surface area contributed by atoms with Crippen molar-refractivity contribution >= 4 is 0 Å². The molecule has 0 aromatic heterocycles. The molecule has 2 unspecified atom stereocenters. The molecule has 3 heteroatoms. The fraction of sp³-hybridized carbons (Fsp3) is 0.571. The molecule has 1 aromatic carbocycles. The van der Waals surface area contributed by atoms with E-state index in [1.807, 2.05) is 6.92 Å². The van der Waals surface area contributed by atoms with Gasteiger partial charge < -0.3 is 5.11 Å². The van der Waals surface area contributed by atoms with Crippen LogP contribution in [0.1, 0.15) is 51.2 Å². The van der Waals surface area contributed by atoms with Crippen molar-refractivity contribution in [3.8, 4) is 0 Å². The van der Waals surface area contributed by atoms with Crippen LogP contribution in [0.4, 0.5) is 8.78 Å². The summed E-state index contributed by atoms with van der Waals surface area (Å²) in [7, 11) is 0. The Kier molecular flexibility index (Phi) is 5.56. The third-order valence-electron chi connectivity index (χ3n) is 3.18. The molecule has 0 aliphatic carbocycles. The summed E-state index contributed by atoms with van der Waals surface area (Å²) in [6, 6.07) is 3.35. The Morgan fingerprint density at radius 2 is 1.94 bits per heavy atom. The van der Waals surface area contributed by atoms with Crippen molar-refractivity contribution in [2.24, 2.45) is 5.92 Å². The van der Waals surface area contributed by atoms with Gasteiger partial charge in [-0.25, -0.2) is 8.78 Å². The lowest BCUT2D eigenvalue weighted by atomic mass is 9.89. The van der Waals surface area contributed by atoms with Crippen molar-refractivity contribution in [2.75, 3.05) is 0 Å². The minimum atomic E-state index is -0.841. The molecule has 0 bridgehead atoms. The van der Waals surface area contributed by atoms with Gasteiger partial charge in [-0.3, -0.25) is 0 Å². The van der Waals surface area contributed by atoms with Gasteiger partial charge in [0.15, 0.2) is 0 Å². The van der Waals surface area contributed by atoms with E-state index in [9.17, 15) is 13.9 Å². The summed E-state index contributed by atoms with van der Waals surface area (Å²) in [6.07, 6.45) is 2.88. The van der Waals surface area contributed by atoms with Gasteiger partial charge in [0.1, 0.15) is 11.6 Å². The summed E-state index contributed by atoms with van der Waals surface area (Å²) in [5.41, 5.74) is 0.203. The Morgan fingerprint density at radius 3 is 2.47 bits per heavy atom. The van der Waals surface area contributed by atoms with Crippen LogP contribution in [0.25, 0.3) is 0 Å². The summed E-state index contributed by atoms with van der Waals surface area (Å²) < 4.78 is 26.3. The molecule has 1 nitrogen and oxygen atoms in total. The van der Waals surface area contributed by atoms with Gasteiger partial charge in [0.05, 0.1) is 6.10 Å². The van der Waals surface area contributed by atoms with Gasteiger partial charge in [-0.05, 0) is 18.4 Å². The zero-order valence-corrected chi connectivity index (χ0v) is 10.4. The molecule has 0 aliphatic heterocycles. The molecule has 0 fully saturated rings. The van der Waals surface area contributed by atoms with Gasteiger partial charge in [-0.1, -0.05) is 39.2 Å². The maximum atomic E-state index is 13.5. The van der Waals surface area contributed by atoms with Gasteiger partial charge in [-0.2, -0.15) is 0 Å². The number of aliphatic hydroxyl groups is 1. The molecular formula is C14H20F2O. The van der Waals surface area contributed by atoms with Crippen molar-refractivity contribution in [1.29, 1.82) is 0 Å². The predicted octanol–water partition coefficient (Wildman–Crippen LogP) is 4.21. The molecule has 0 amide bonds. The Bertz CT molecular complexity index is 352. The van der Waals surface area contributed by atoms with Crippen LogP contribution in [0, 0.1) is 17.6 Å². The average Bonchev–Trinajstić information content (AvgIpc) is 2.29. The SMILES string of the molecule is CCCCC(CC)C(O)c1ccc(F)cc1F. The number of hydrogen-bond acceptors (Lipinski definition) is 1. The Balaban J connectivity index is 2.81. The first-order valence-corrected chi connectivity index (χ1v) is 6.23. The molecule has 0 saturated carbocycles. The average molecular weight is 242 g/mol. The van der Waals surface area contributed by atoms with E-state index >= 15 is 0 Å². The second-order valence-corrected chi connectivity index (χ2v) is 4.42. The Labute approximate surface area is 101 Å². The van der Waals surface area contributed by atoms with E-state index in [2.05, 4.69) is 6.92 Å². The first-order chi connectivity index (χ1) is 8.10. The van der Waals surface area contributed by atoms with Crippen molar-refractivity contribution in [3.63, 3.8) is 0 Å². The van der Waals surface area contributed by atoms with Gasteiger partial charge >= 0.3 is 0 Å². The lowest BCUT2D eigenvalue weighted by Gasteiger charge is -2.22. The van der Waals surface area contributed by atoms with Crippen LogP contribution in [0.15, 0.2) is 18.2 Å². The van der Waals surface area contributed by atoms with Crippen LogP contribution in [0.5, 0.6) is 0 Å². The van der Waals surface area contributed by atoms with Crippen molar-refractivity contribution in [1.82, 2.24) is 0 Å². The third kappa shape index (κ3) is 3.77. The highest BCUT2D eigenvalue weighted by molar-refractivity contribution is 5.21. The molecule has 2 atom stereocenters. The first kappa shape index (κ1) is 14.1. The van der Waals surface area contributed by atoms with Crippen molar-refractivity contribution in [2.45, 2.75) is 45.6 Å². The van der Waals surface area contributed by atoms with E-state index in [4.69, 9.17) is 0 Å². The Morgan fingerprint density at radius 1 is 1.24 bits per heavy atom. The summed E-state index contributed by atoms with van der Waals surface area (Å²) in [5, 5.41) is 10.1. The summed E-state index contributed by atoms with van der Waals surface area (Å²) >= 11 is 0. The van der Waals surface area contributed by atoms with Gasteiger partial charge in [0, 0.05) is 11.6 Å². The van der Waals surface area contributed by atoms with E-state index in [1.54, 1.807) is 0 Å². The number of aliphatic hydroxyl groups excluding tert-OH is 1. The van der Waals surface area contributed by atoms with E-state index in [-0.39, 0.29) is 11.5 Å². The highest BCUT2D eigenvalue weighted by atomic mass is 19.1. The fourth-order valence-electron chi connectivity index (χ4n) is 2.05. The smallest absolute Gasteiger partial charge is 0.131 e. The van der Waals surface area contributed by atoms with Crippen LogP contribution in [-0.2, 0) is 0 Å². The zero-order valence-electron chi connectivity index (χ0n) is 10.4. The molecule has 1 rings (SSSR count). The van der Waals surface area contributed by atoms with Crippen LogP contribution >= 0.6 is 0 Å². The minimum absolute atomic E-state index is 0.0370. The zero-order chi connectivity index (χ0) is 12.8. The first-order valence-electron chi connectivity index (χ1n) is 6.23. The predicted molar refractivity (Wildman–Crippen MR) is 64.6 cm³/mol. The molecule has 0 aliphatic rings. The molecule has 1 aromatic rings. The molecule has 0 radical (unpaired) electrons. The monoisotopic (exact) mass is 242 g/mol. The summed E-state index contributed by atoms with van der Waals surface area (Å²) in [6.45, 7) is 4.06. The highest BCUT2D eigenvalue weighted by Crippen LogP contribution is 2.30. The van der Waals surface area contributed by atoms with Crippen molar-refractivity contribution < 1.29 is 13.9 Å². The molecule has 0 saturated heterocycles. The third-order valence-corrected chi connectivity index (χ3v) is 3.18. The molecule has 0 heterocycles. The standard InChI is InChI=1S/C14H20F2O/c1-3-5-6-10(4-2)14(17)12-8-7-11(15)9-13(12)16/h7-10,14,17H,3-6H2,1-2H3. The molecule has 0 spiro atoms. The number of halogens is 2. The number of hydrogen-bond donors (Lipinski definition) is 1. The maximum Gasteiger partial charge on any atom is 0.131 e. The topological polar surface area (TPSA) is 20.2 Å². The lowest BCUT2D eigenvalue weighted by molar-refractivity contribution is 0.0953. The number of benzene rings is 1. The van der Waals surface area contributed by atoms with E-state index in [0.717, 1.165) is 31.7 Å². The van der Waals surface area contributed by atoms with Gasteiger partial charge in [0.2, 0.25) is 0 Å². The second-order valence-electron chi connectivity index (χ2n) is 4.42. The number of unbranched alkanes of at least 4 members (excludes halogenated alkanes) is 1. The van der Waals surface area contributed by atoms with Crippen LogP contribution in [0.3, 0.4) is 0 Å². The second kappa shape index (κ2) is 6.70. The van der Waals surface area contributed by atoms with E-state index in [0.29, 0.717) is 0 Å². The van der Waals surface area contributed by atoms with Crippen molar-refractivity contribution in [3.05, 3.63) is 35.4 Å². The molecule has 1 N–H and O–H groups in total. The van der Waals surface area contributed by atoms with Gasteiger partial charge in [0.25, 0.3) is 0 Å². The van der Waals surface area contributed by atoms with E-state index in [1.165, 1.54) is 12.1 Å². The summed E-state index contributed by atoms with van der Waals surface area (Å²) in [5.74, 6) is -1.23. The number of rotatable bonds is 6. The quantitative estimate of drug-likeness (QED) is 0.792. The van der Waals surface area contributed by atoms with Crippen LogP contribution in [-0.4, -0.2) is 5.11 Å². The maximum absolute atomic E-state index is 13.5. The molecule has 96 valence electrons. The minimum Gasteiger partial charge on any atom is -0.388 e. The largest absolute Gasteiger partial charge is 0.388 e. The lowest BCUT2D eigenvalue weighted by Crippen LogP contribution is -2.13. The molecule has 17 heavy (non-hydrogen) atoms.